The predicted molar refractivity (Wildman–Crippen MR) is 195 cm³/mol. The average molecular weight is 789 g/mol. The summed E-state index contributed by atoms with van der Waals surface area (Å²) in [6.07, 6.45) is 5.69. The van der Waals surface area contributed by atoms with Crippen molar-refractivity contribution in [3.8, 4) is 0 Å². The van der Waals surface area contributed by atoms with Crippen molar-refractivity contribution in [2.24, 2.45) is 0 Å². The SMILES string of the molecule is CC(C)(C)c1ccc2c(c1)[cH-]c1cc(C(C)(C)C)ccc12.FC(F)(F)c1cccc([C](=[Zr+2])c2cccc3ccccc23)c1.[C-]1=CC=CC1.[Cl-].[Cl-]. The molecule has 6 heteroatoms. The predicted octanol–water partition coefficient (Wildman–Crippen LogP) is 6.59. The molecule has 258 valence electrons. The number of hydrogen-bond acceptors (Lipinski definition) is 0. The molecule has 0 radical (unpaired) electrons. The molecule has 1 aliphatic rings. The maximum absolute atomic E-state index is 12.9. The molecule has 6 aromatic rings. The van der Waals surface area contributed by atoms with Crippen LogP contribution in [0.5, 0.6) is 0 Å². The molecule has 1 aliphatic carbocycles. The van der Waals surface area contributed by atoms with Crippen LogP contribution in [-0.2, 0) is 41.2 Å². The van der Waals surface area contributed by atoms with Crippen LogP contribution < -0.4 is 24.8 Å². The average Bonchev–Trinajstić information content (AvgIpc) is 3.75. The monoisotopic (exact) mass is 786 g/mol. The molecule has 0 heterocycles. The first-order valence-corrected chi connectivity index (χ1v) is 17.5. The molecule has 50 heavy (non-hydrogen) atoms. The molecule has 0 aromatic heterocycles. The molecule has 6 aromatic carbocycles. The summed E-state index contributed by atoms with van der Waals surface area (Å²) in [5, 5.41) is 7.63. The largest absolute Gasteiger partial charge is 1.00 e. The summed E-state index contributed by atoms with van der Waals surface area (Å²) in [4.78, 5) is 0. The van der Waals surface area contributed by atoms with Crippen molar-refractivity contribution in [1.82, 2.24) is 0 Å². The molecular weight excluding hydrogens is 748 g/mol. The molecule has 7 rings (SSSR count). The fourth-order valence-corrected chi connectivity index (χ4v) is 6.66. The fourth-order valence-electron chi connectivity index (χ4n) is 5.75. The minimum Gasteiger partial charge on any atom is -1.00 e. The topological polar surface area (TPSA) is 0 Å². The van der Waals surface area contributed by atoms with E-state index in [0.717, 1.165) is 56.3 Å². The van der Waals surface area contributed by atoms with Gasteiger partial charge in [-0.2, -0.15) is 6.08 Å². The van der Waals surface area contributed by atoms with Gasteiger partial charge in [0.2, 0.25) is 0 Å². The molecule has 0 aliphatic heterocycles. The van der Waals surface area contributed by atoms with Gasteiger partial charge in [0.05, 0.1) is 0 Å². The van der Waals surface area contributed by atoms with Gasteiger partial charge in [0.15, 0.2) is 0 Å². The van der Waals surface area contributed by atoms with Crippen molar-refractivity contribution in [2.75, 3.05) is 0 Å². The number of fused-ring (bicyclic) bond motifs is 4. The molecule has 0 amide bonds. The van der Waals surface area contributed by atoms with Crippen LogP contribution in [-0.4, -0.2) is 3.21 Å². The van der Waals surface area contributed by atoms with E-state index in [4.69, 9.17) is 0 Å². The van der Waals surface area contributed by atoms with Crippen LogP contribution in [0.2, 0.25) is 0 Å². The zero-order chi connectivity index (χ0) is 34.7. The van der Waals surface area contributed by atoms with E-state index in [0.29, 0.717) is 5.56 Å². The van der Waals surface area contributed by atoms with Crippen LogP contribution in [0.15, 0.2) is 127 Å². The van der Waals surface area contributed by atoms with Gasteiger partial charge in [-0.3, -0.25) is 6.08 Å². The van der Waals surface area contributed by atoms with Crippen LogP contribution in [0.25, 0.3) is 32.3 Å². The zero-order valence-electron chi connectivity index (χ0n) is 29.2. The van der Waals surface area contributed by atoms with Gasteiger partial charge in [0.25, 0.3) is 0 Å². The molecule has 0 spiro atoms. The summed E-state index contributed by atoms with van der Waals surface area (Å²) in [6.45, 7) is 13.6. The Bertz CT molecular complexity index is 2050. The van der Waals surface area contributed by atoms with E-state index in [9.17, 15) is 13.2 Å². The first kappa shape index (κ1) is 41.3. The third-order valence-electron chi connectivity index (χ3n) is 8.56. The molecule has 0 N–H and O–H groups in total. The maximum Gasteiger partial charge on any atom is -0.109 e. The zero-order valence-corrected chi connectivity index (χ0v) is 33.2. The summed E-state index contributed by atoms with van der Waals surface area (Å²) in [5.41, 5.74) is 4.23. The summed E-state index contributed by atoms with van der Waals surface area (Å²) in [6, 6.07) is 35.5. The Hall–Kier alpha value is -3.17. The van der Waals surface area contributed by atoms with Crippen LogP contribution >= 0.6 is 0 Å². The van der Waals surface area contributed by atoms with Crippen molar-refractivity contribution in [3.63, 3.8) is 0 Å². The number of hydrogen-bond donors (Lipinski definition) is 0. The second-order valence-corrected chi connectivity index (χ2v) is 15.5. The van der Waals surface area contributed by atoms with Gasteiger partial charge >= 0.3 is 141 Å². The summed E-state index contributed by atoms with van der Waals surface area (Å²) < 4.78 is 39.6. The quantitative estimate of drug-likeness (QED) is 0.174. The van der Waals surface area contributed by atoms with Gasteiger partial charge < -0.3 is 24.8 Å². The normalized spacial score (nSPS) is 12.5. The summed E-state index contributed by atoms with van der Waals surface area (Å²) >= 11 is 1.09. The number of alkyl halides is 3. The van der Waals surface area contributed by atoms with Crippen molar-refractivity contribution in [1.29, 1.82) is 0 Å². The van der Waals surface area contributed by atoms with Crippen LogP contribution in [0.1, 0.15) is 75.8 Å². The van der Waals surface area contributed by atoms with Crippen LogP contribution in [0.4, 0.5) is 13.2 Å². The summed E-state index contributed by atoms with van der Waals surface area (Å²) in [5.74, 6) is 0. The Morgan fingerprint density at radius 1 is 0.640 bits per heavy atom. The van der Waals surface area contributed by atoms with Crippen molar-refractivity contribution >= 4 is 35.5 Å². The number of halogens is 5. The molecule has 0 saturated heterocycles. The van der Waals surface area contributed by atoms with E-state index >= 15 is 0 Å². The fraction of sp³-hybridized carbons (Fsp3) is 0.227. The Kier molecular flexibility index (Phi) is 13.9. The third-order valence-corrected chi connectivity index (χ3v) is 9.93. The van der Waals surface area contributed by atoms with E-state index in [2.05, 4.69) is 96.2 Å². The standard InChI is InChI=1S/C21H25.C18H11F3.C5H5.2ClH.Zr/c1-20(2,3)16-7-9-18-14(12-16)11-15-13-17(21(4,5)6)8-10-19(15)18;19-18(20,21)16-9-3-5-13(12-16)11-15-8-4-7-14-6-1-2-10-17(14)15;1-2-4-5-3-1;;;/h7-13H,1-6H3;1-10,12H;1-3H,4H2;2*1H;/q-1;;-1;;;+2/p-2. The molecular formula is C44H41Cl2F3Zr-2. The second-order valence-electron chi connectivity index (χ2n) is 14.2. The second kappa shape index (κ2) is 16.9. The van der Waals surface area contributed by atoms with E-state index in [-0.39, 0.29) is 35.6 Å². The van der Waals surface area contributed by atoms with Crippen LogP contribution in [0, 0.1) is 6.08 Å². The Morgan fingerprint density at radius 3 is 1.70 bits per heavy atom. The Labute approximate surface area is 322 Å². The number of allylic oxidation sites excluding steroid dienone is 4. The minimum atomic E-state index is -4.31. The Balaban J connectivity index is 0.000000229. The molecule has 0 saturated carbocycles. The smallest absolute Gasteiger partial charge is 0.109 e. The van der Waals surface area contributed by atoms with Gasteiger partial charge in [-0.15, -0.1) is 46.2 Å². The van der Waals surface area contributed by atoms with Crippen molar-refractivity contribution in [2.45, 2.75) is 65.0 Å². The van der Waals surface area contributed by atoms with Crippen LogP contribution in [0.3, 0.4) is 0 Å². The number of benzene rings is 5. The van der Waals surface area contributed by atoms with E-state index in [1.807, 2.05) is 54.6 Å². The van der Waals surface area contributed by atoms with Crippen molar-refractivity contribution in [3.05, 3.63) is 161 Å². The first-order valence-electron chi connectivity index (χ1n) is 16.2. The van der Waals surface area contributed by atoms with E-state index in [1.54, 1.807) is 6.07 Å². The Morgan fingerprint density at radius 2 is 1.20 bits per heavy atom. The van der Waals surface area contributed by atoms with E-state index in [1.165, 1.54) is 44.8 Å². The van der Waals surface area contributed by atoms with Gasteiger partial charge in [-0.25, -0.2) is 12.2 Å². The number of rotatable bonds is 2. The molecule has 0 atom stereocenters. The molecule has 0 bridgehead atoms. The minimum absolute atomic E-state index is 0. The third kappa shape index (κ3) is 10.00. The summed E-state index contributed by atoms with van der Waals surface area (Å²) in [7, 11) is 0. The molecule has 0 unspecified atom stereocenters. The van der Waals surface area contributed by atoms with Gasteiger partial charge in [0.1, 0.15) is 0 Å². The maximum atomic E-state index is 12.9. The van der Waals surface area contributed by atoms with Gasteiger partial charge in [0, 0.05) is 0 Å². The van der Waals surface area contributed by atoms with Gasteiger partial charge in [-0.05, 0) is 10.8 Å². The first-order chi connectivity index (χ1) is 22.6. The van der Waals surface area contributed by atoms with E-state index < -0.39 is 11.7 Å². The molecule has 0 nitrogen and oxygen atoms in total. The van der Waals surface area contributed by atoms with Gasteiger partial charge in [-0.1, -0.05) is 76.9 Å². The van der Waals surface area contributed by atoms with Crippen molar-refractivity contribution < 1.29 is 62.2 Å². The molecule has 0 fully saturated rings.